The number of ether oxygens (including phenoxy) is 1. The molecule has 0 saturated heterocycles. The molecule has 1 heterocycles. The van der Waals surface area contributed by atoms with E-state index in [9.17, 15) is 0 Å². The highest BCUT2D eigenvalue weighted by Gasteiger charge is 2.41. The second-order valence-electron chi connectivity index (χ2n) is 5.72. The van der Waals surface area contributed by atoms with Crippen molar-refractivity contribution in [1.82, 2.24) is 15.1 Å². The molecule has 1 saturated carbocycles. The summed E-state index contributed by atoms with van der Waals surface area (Å²) in [5.74, 6) is 0. The van der Waals surface area contributed by atoms with Crippen LogP contribution in [-0.4, -0.2) is 34.6 Å². The normalized spacial score (nSPS) is 19.4. The Morgan fingerprint density at radius 1 is 1.35 bits per heavy atom. The van der Waals surface area contributed by atoms with E-state index < -0.39 is 0 Å². The summed E-state index contributed by atoms with van der Waals surface area (Å²) in [6, 6.07) is 0.393. The summed E-state index contributed by atoms with van der Waals surface area (Å²) in [7, 11) is 0. The number of likely N-dealkylation sites (N-methyl/N-ethyl adjacent to an activating group) is 1. The van der Waals surface area contributed by atoms with Crippen LogP contribution in [0.1, 0.15) is 52.0 Å². The quantitative estimate of drug-likeness (QED) is 0.795. The zero-order chi connectivity index (χ0) is 14.4. The van der Waals surface area contributed by atoms with Crippen LogP contribution in [0.25, 0.3) is 0 Å². The largest absolute Gasteiger partial charge is 0.374 e. The first-order chi connectivity index (χ1) is 9.74. The van der Waals surface area contributed by atoms with Gasteiger partial charge in [-0.15, -0.1) is 0 Å². The number of nitrogens with zero attached hydrogens (tertiary/aromatic N) is 2. The summed E-state index contributed by atoms with van der Waals surface area (Å²) in [5, 5.41) is 8.06. The molecule has 0 bridgehead atoms. The standard InChI is InChI=1S/C16H29N3O/c1-4-17-15(11-14-12-18-19(5-2)13-14)16(20-6-3)9-7-8-10-16/h12-13,15,17H,4-11H2,1-3H3. The van der Waals surface area contributed by atoms with Gasteiger partial charge in [-0.05, 0) is 45.2 Å². The predicted molar refractivity (Wildman–Crippen MR) is 81.9 cm³/mol. The lowest BCUT2D eigenvalue weighted by Crippen LogP contribution is -2.52. The molecule has 1 unspecified atom stereocenters. The van der Waals surface area contributed by atoms with Crippen molar-refractivity contribution in [2.45, 2.75) is 71.1 Å². The third-order valence-corrected chi connectivity index (χ3v) is 4.42. The van der Waals surface area contributed by atoms with Gasteiger partial charge in [-0.25, -0.2) is 0 Å². The predicted octanol–water partition coefficient (Wildman–Crippen LogP) is 2.77. The molecule has 114 valence electrons. The van der Waals surface area contributed by atoms with Gasteiger partial charge in [0.05, 0.1) is 11.8 Å². The van der Waals surface area contributed by atoms with Crippen LogP contribution in [0.15, 0.2) is 12.4 Å². The summed E-state index contributed by atoms with van der Waals surface area (Å²) in [4.78, 5) is 0. The molecular weight excluding hydrogens is 250 g/mol. The Balaban J connectivity index is 2.12. The molecule has 4 heteroatoms. The van der Waals surface area contributed by atoms with Crippen molar-refractivity contribution in [3.63, 3.8) is 0 Å². The molecule has 1 aromatic heterocycles. The molecule has 20 heavy (non-hydrogen) atoms. The van der Waals surface area contributed by atoms with E-state index in [1.165, 1.54) is 31.2 Å². The molecule has 0 spiro atoms. The molecular formula is C16H29N3O. The Labute approximate surface area is 122 Å². The highest BCUT2D eigenvalue weighted by atomic mass is 16.5. The topological polar surface area (TPSA) is 39.1 Å². The summed E-state index contributed by atoms with van der Waals surface area (Å²) in [6.07, 6.45) is 10.1. The van der Waals surface area contributed by atoms with Crippen LogP contribution < -0.4 is 5.32 Å². The average Bonchev–Trinajstić information content (AvgIpc) is 3.08. The fourth-order valence-corrected chi connectivity index (χ4v) is 3.47. The number of aryl methyl sites for hydroxylation is 1. The first kappa shape index (κ1) is 15.5. The van der Waals surface area contributed by atoms with Gasteiger partial charge in [-0.1, -0.05) is 19.8 Å². The first-order valence-electron chi connectivity index (χ1n) is 8.12. The minimum Gasteiger partial charge on any atom is -0.374 e. The number of hydrogen-bond acceptors (Lipinski definition) is 3. The highest BCUT2D eigenvalue weighted by molar-refractivity contribution is 5.10. The van der Waals surface area contributed by atoms with Crippen LogP contribution in [0.4, 0.5) is 0 Å². The van der Waals surface area contributed by atoms with E-state index in [-0.39, 0.29) is 5.60 Å². The zero-order valence-corrected chi connectivity index (χ0v) is 13.2. The Hall–Kier alpha value is -0.870. The van der Waals surface area contributed by atoms with Crippen LogP contribution in [0.5, 0.6) is 0 Å². The monoisotopic (exact) mass is 279 g/mol. The van der Waals surface area contributed by atoms with Gasteiger partial charge >= 0.3 is 0 Å². The maximum absolute atomic E-state index is 6.22. The molecule has 1 N–H and O–H groups in total. The van der Waals surface area contributed by atoms with Crippen LogP contribution in [0.3, 0.4) is 0 Å². The Bertz CT molecular complexity index is 396. The summed E-state index contributed by atoms with van der Waals surface area (Å²) in [5.41, 5.74) is 1.34. The van der Waals surface area contributed by atoms with Crippen LogP contribution in [0, 0.1) is 0 Å². The average molecular weight is 279 g/mol. The molecule has 0 amide bonds. The molecule has 1 aliphatic rings. The van der Waals surface area contributed by atoms with Crippen molar-refractivity contribution in [1.29, 1.82) is 0 Å². The Morgan fingerprint density at radius 2 is 2.10 bits per heavy atom. The van der Waals surface area contributed by atoms with Gasteiger partial charge < -0.3 is 10.1 Å². The van der Waals surface area contributed by atoms with Crippen molar-refractivity contribution >= 4 is 0 Å². The van der Waals surface area contributed by atoms with Crippen molar-refractivity contribution < 1.29 is 4.74 Å². The Morgan fingerprint density at radius 3 is 2.65 bits per heavy atom. The Kier molecular flexibility index (Phi) is 5.61. The van der Waals surface area contributed by atoms with Crippen molar-refractivity contribution in [2.24, 2.45) is 0 Å². The first-order valence-corrected chi connectivity index (χ1v) is 8.12. The van der Waals surface area contributed by atoms with Gasteiger partial charge in [-0.3, -0.25) is 4.68 Å². The minimum absolute atomic E-state index is 0.0269. The van der Waals surface area contributed by atoms with E-state index in [0.717, 1.165) is 26.1 Å². The SMILES string of the molecule is CCNC(Cc1cnn(CC)c1)C1(OCC)CCCC1. The second kappa shape index (κ2) is 7.23. The van der Waals surface area contributed by atoms with Crippen LogP contribution in [0.2, 0.25) is 0 Å². The van der Waals surface area contributed by atoms with Gasteiger partial charge in [-0.2, -0.15) is 5.10 Å². The molecule has 0 aromatic carbocycles. The highest BCUT2D eigenvalue weighted by Crippen LogP contribution is 2.37. The fourth-order valence-electron chi connectivity index (χ4n) is 3.47. The molecule has 1 fully saturated rings. The second-order valence-corrected chi connectivity index (χ2v) is 5.72. The lowest BCUT2D eigenvalue weighted by atomic mass is 9.87. The number of aromatic nitrogens is 2. The van der Waals surface area contributed by atoms with Gasteiger partial charge in [0.2, 0.25) is 0 Å². The molecule has 1 aromatic rings. The minimum atomic E-state index is 0.0269. The third-order valence-electron chi connectivity index (χ3n) is 4.42. The van der Waals surface area contributed by atoms with Gasteiger partial charge in [0.1, 0.15) is 0 Å². The maximum atomic E-state index is 6.22. The van der Waals surface area contributed by atoms with E-state index in [2.05, 4.69) is 37.4 Å². The third kappa shape index (κ3) is 3.41. The summed E-state index contributed by atoms with van der Waals surface area (Å²) >= 11 is 0. The number of hydrogen-bond donors (Lipinski definition) is 1. The number of nitrogens with one attached hydrogen (secondary N) is 1. The number of rotatable bonds is 8. The van der Waals surface area contributed by atoms with Crippen molar-refractivity contribution in [2.75, 3.05) is 13.2 Å². The summed E-state index contributed by atoms with van der Waals surface area (Å²) in [6.45, 7) is 9.13. The van der Waals surface area contributed by atoms with Crippen molar-refractivity contribution in [3.05, 3.63) is 18.0 Å². The molecule has 1 aliphatic carbocycles. The molecule has 0 aliphatic heterocycles. The van der Waals surface area contributed by atoms with Crippen LogP contribution in [-0.2, 0) is 17.7 Å². The van der Waals surface area contributed by atoms with Gasteiger partial charge in [0.15, 0.2) is 0 Å². The smallest absolute Gasteiger partial charge is 0.0837 e. The summed E-state index contributed by atoms with van der Waals surface area (Å²) < 4.78 is 8.22. The molecule has 2 rings (SSSR count). The van der Waals surface area contributed by atoms with Crippen molar-refractivity contribution in [3.8, 4) is 0 Å². The van der Waals surface area contributed by atoms with E-state index in [4.69, 9.17) is 4.74 Å². The lowest BCUT2D eigenvalue weighted by Gasteiger charge is -2.38. The fraction of sp³-hybridized carbons (Fsp3) is 0.812. The van der Waals surface area contributed by atoms with Gasteiger partial charge in [0.25, 0.3) is 0 Å². The lowest BCUT2D eigenvalue weighted by molar-refractivity contribution is -0.0609. The maximum Gasteiger partial charge on any atom is 0.0837 e. The zero-order valence-electron chi connectivity index (χ0n) is 13.2. The van der Waals surface area contributed by atoms with Gasteiger partial charge in [0, 0.05) is 25.4 Å². The van der Waals surface area contributed by atoms with Crippen LogP contribution >= 0.6 is 0 Å². The van der Waals surface area contributed by atoms with E-state index in [0.29, 0.717) is 6.04 Å². The van der Waals surface area contributed by atoms with E-state index in [1.807, 2.05) is 10.9 Å². The van der Waals surface area contributed by atoms with E-state index >= 15 is 0 Å². The molecule has 0 radical (unpaired) electrons. The molecule has 4 nitrogen and oxygen atoms in total. The van der Waals surface area contributed by atoms with E-state index in [1.54, 1.807) is 0 Å². The molecule has 1 atom stereocenters.